The summed E-state index contributed by atoms with van der Waals surface area (Å²) in [5.74, 6) is 0.123. The number of methoxy groups -OCH3 is 1. The first-order valence-corrected chi connectivity index (χ1v) is 6.48. The number of ketones is 1. The summed E-state index contributed by atoms with van der Waals surface area (Å²) in [6.07, 6.45) is 0.736. The highest BCUT2D eigenvalue weighted by Gasteiger charge is 2.14. The number of hydrogen-bond acceptors (Lipinski definition) is 4. The van der Waals surface area contributed by atoms with E-state index >= 15 is 0 Å². The van der Waals surface area contributed by atoms with Crippen molar-refractivity contribution >= 4 is 27.7 Å². The molecule has 4 nitrogen and oxygen atoms in total. The fourth-order valence-electron chi connectivity index (χ4n) is 1.28. The molecule has 1 rings (SSSR count). The molecule has 0 heterocycles. The highest BCUT2D eigenvalue weighted by atomic mass is 79.9. The van der Waals surface area contributed by atoms with Crippen LogP contribution in [0.1, 0.15) is 23.7 Å². The van der Waals surface area contributed by atoms with Gasteiger partial charge < -0.3 is 9.47 Å². The van der Waals surface area contributed by atoms with Gasteiger partial charge in [-0.25, -0.2) is 4.79 Å². The number of carbonyl (C=O) groups excluding carboxylic acids is 2. The van der Waals surface area contributed by atoms with E-state index in [-0.39, 0.29) is 17.2 Å². The number of hydrogen-bond donors (Lipinski definition) is 0. The second kappa shape index (κ2) is 7.16. The lowest BCUT2D eigenvalue weighted by Crippen LogP contribution is -2.14. The predicted molar refractivity (Wildman–Crippen MR) is 71.3 cm³/mol. The van der Waals surface area contributed by atoms with Gasteiger partial charge in [-0.15, -0.1) is 0 Å². The van der Waals surface area contributed by atoms with Gasteiger partial charge in [-0.2, -0.15) is 0 Å². The summed E-state index contributed by atoms with van der Waals surface area (Å²) >= 11 is 3.31. The maximum absolute atomic E-state index is 11.8. The van der Waals surface area contributed by atoms with E-state index in [0.29, 0.717) is 11.3 Å². The summed E-state index contributed by atoms with van der Waals surface area (Å²) < 4.78 is 9.64. The number of ether oxygens (including phenoxy) is 2. The molecule has 0 spiro atoms. The number of benzene rings is 1. The van der Waals surface area contributed by atoms with Gasteiger partial charge in [0.25, 0.3) is 0 Å². The van der Waals surface area contributed by atoms with Crippen LogP contribution in [0.3, 0.4) is 0 Å². The van der Waals surface area contributed by atoms with Gasteiger partial charge in [-0.05, 0) is 30.7 Å². The fraction of sp³-hybridized carbons (Fsp3) is 0.385. The predicted octanol–water partition coefficient (Wildman–Crippen LogP) is 2.59. The number of rotatable bonds is 6. The first kappa shape index (κ1) is 14.7. The molecule has 0 radical (unpaired) electrons. The van der Waals surface area contributed by atoms with Crippen LogP contribution < -0.4 is 4.74 Å². The van der Waals surface area contributed by atoms with E-state index in [0.717, 1.165) is 6.42 Å². The Hall–Kier alpha value is -1.36. The molecule has 0 fully saturated rings. The van der Waals surface area contributed by atoms with E-state index < -0.39 is 5.97 Å². The number of halogens is 1. The van der Waals surface area contributed by atoms with Gasteiger partial charge in [-0.1, -0.05) is 22.9 Å². The minimum absolute atomic E-state index is 0.0389. The van der Waals surface area contributed by atoms with Crippen LogP contribution in [0.2, 0.25) is 0 Å². The summed E-state index contributed by atoms with van der Waals surface area (Å²) in [6.45, 7) is 1.80. The molecule has 0 saturated carbocycles. The Morgan fingerprint density at radius 1 is 1.28 bits per heavy atom. The standard InChI is InChI=1S/C13H15BrO4/c1-3-11(14)13(16)9-4-6-10(7-5-9)18-8-12(15)17-2/h4-7,11H,3,8H2,1-2H3. The first-order chi connectivity index (χ1) is 8.58. The zero-order chi connectivity index (χ0) is 13.5. The summed E-state index contributed by atoms with van der Waals surface area (Å²) in [4.78, 5) is 22.6. The van der Waals surface area contributed by atoms with E-state index in [1.54, 1.807) is 24.3 Å². The Kier molecular flexibility index (Phi) is 5.85. The van der Waals surface area contributed by atoms with E-state index in [2.05, 4.69) is 20.7 Å². The number of carbonyl (C=O) groups is 2. The van der Waals surface area contributed by atoms with Gasteiger partial charge in [0, 0.05) is 5.56 Å². The lowest BCUT2D eigenvalue weighted by molar-refractivity contribution is -0.142. The maximum atomic E-state index is 11.8. The zero-order valence-corrected chi connectivity index (χ0v) is 11.9. The molecule has 5 heteroatoms. The molecule has 0 aliphatic rings. The Morgan fingerprint density at radius 3 is 2.39 bits per heavy atom. The molecule has 0 N–H and O–H groups in total. The molecule has 0 aromatic heterocycles. The number of esters is 1. The molecule has 18 heavy (non-hydrogen) atoms. The van der Waals surface area contributed by atoms with Gasteiger partial charge in [-0.3, -0.25) is 4.79 Å². The van der Waals surface area contributed by atoms with Crippen molar-refractivity contribution < 1.29 is 19.1 Å². The summed E-state index contributed by atoms with van der Waals surface area (Å²) in [6, 6.07) is 6.68. The normalized spacial score (nSPS) is 11.7. The fourth-order valence-corrected chi connectivity index (χ4v) is 1.55. The quantitative estimate of drug-likeness (QED) is 0.460. The van der Waals surface area contributed by atoms with Crippen LogP contribution in [0.4, 0.5) is 0 Å². The van der Waals surface area contributed by atoms with Crippen molar-refractivity contribution in [2.24, 2.45) is 0 Å². The molecule has 0 aliphatic heterocycles. The summed E-state index contributed by atoms with van der Waals surface area (Å²) in [5.41, 5.74) is 0.615. The van der Waals surface area contributed by atoms with Crippen LogP contribution in [-0.2, 0) is 9.53 Å². The Balaban J connectivity index is 2.62. The third-order valence-electron chi connectivity index (χ3n) is 2.37. The lowest BCUT2D eigenvalue weighted by Gasteiger charge is -2.07. The second-order valence-corrected chi connectivity index (χ2v) is 4.73. The van der Waals surface area contributed by atoms with Crippen LogP contribution in [0.15, 0.2) is 24.3 Å². The van der Waals surface area contributed by atoms with Gasteiger partial charge in [0.15, 0.2) is 12.4 Å². The molecular weight excluding hydrogens is 300 g/mol. The molecule has 1 unspecified atom stereocenters. The van der Waals surface area contributed by atoms with Crippen molar-refractivity contribution in [3.05, 3.63) is 29.8 Å². The Bertz CT molecular complexity index is 414. The van der Waals surface area contributed by atoms with E-state index in [1.807, 2.05) is 6.92 Å². The largest absolute Gasteiger partial charge is 0.482 e. The molecule has 98 valence electrons. The van der Waals surface area contributed by atoms with Crippen molar-refractivity contribution in [2.75, 3.05) is 13.7 Å². The second-order valence-electron chi connectivity index (χ2n) is 3.63. The average Bonchev–Trinajstić information content (AvgIpc) is 2.43. The average molecular weight is 315 g/mol. The summed E-state index contributed by atoms with van der Waals surface area (Å²) in [5, 5.41) is 0. The molecule has 0 bridgehead atoms. The first-order valence-electron chi connectivity index (χ1n) is 5.56. The van der Waals surface area contributed by atoms with Crippen LogP contribution in [0.5, 0.6) is 5.75 Å². The highest BCUT2D eigenvalue weighted by Crippen LogP contribution is 2.17. The monoisotopic (exact) mass is 314 g/mol. The molecule has 0 aliphatic carbocycles. The van der Waals surface area contributed by atoms with E-state index in [1.165, 1.54) is 7.11 Å². The topological polar surface area (TPSA) is 52.6 Å². The van der Waals surface area contributed by atoms with Crippen molar-refractivity contribution in [3.8, 4) is 5.75 Å². The van der Waals surface area contributed by atoms with Crippen LogP contribution in [0.25, 0.3) is 0 Å². The van der Waals surface area contributed by atoms with E-state index in [4.69, 9.17) is 4.74 Å². The van der Waals surface area contributed by atoms with Gasteiger partial charge >= 0.3 is 5.97 Å². The van der Waals surface area contributed by atoms with Crippen LogP contribution >= 0.6 is 15.9 Å². The van der Waals surface area contributed by atoms with Gasteiger partial charge in [0.05, 0.1) is 11.9 Å². The zero-order valence-electron chi connectivity index (χ0n) is 10.3. The van der Waals surface area contributed by atoms with E-state index in [9.17, 15) is 9.59 Å². The van der Waals surface area contributed by atoms with Gasteiger partial charge in [0.2, 0.25) is 0 Å². The highest BCUT2D eigenvalue weighted by molar-refractivity contribution is 9.10. The Labute approximate surface area is 114 Å². The van der Waals surface area contributed by atoms with Crippen LogP contribution in [0, 0.1) is 0 Å². The third-order valence-corrected chi connectivity index (χ3v) is 3.43. The maximum Gasteiger partial charge on any atom is 0.343 e. The molecule has 1 aromatic carbocycles. The SMILES string of the molecule is CCC(Br)C(=O)c1ccc(OCC(=O)OC)cc1. The van der Waals surface area contributed by atoms with Crippen molar-refractivity contribution in [1.29, 1.82) is 0 Å². The smallest absolute Gasteiger partial charge is 0.343 e. The molecule has 1 atom stereocenters. The lowest BCUT2D eigenvalue weighted by atomic mass is 10.1. The number of alkyl halides is 1. The molecule has 0 saturated heterocycles. The van der Waals surface area contributed by atoms with Gasteiger partial charge in [0.1, 0.15) is 5.75 Å². The molecular formula is C13H15BrO4. The minimum Gasteiger partial charge on any atom is -0.482 e. The third kappa shape index (κ3) is 4.14. The van der Waals surface area contributed by atoms with Crippen molar-refractivity contribution in [3.63, 3.8) is 0 Å². The number of Topliss-reactive ketones (excluding diaryl/α,β-unsaturated/α-hetero) is 1. The Morgan fingerprint density at radius 2 is 1.89 bits per heavy atom. The van der Waals surface area contributed by atoms with Crippen LogP contribution in [-0.4, -0.2) is 30.3 Å². The molecule has 1 aromatic rings. The minimum atomic E-state index is -0.443. The van der Waals surface area contributed by atoms with Crippen molar-refractivity contribution in [1.82, 2.24) is 0 Å². The molecule has 0 amide bonds. The van der Waals surface area contributed by atoms with Crippen molar-refractivity contribution in [2.45, 2.75) is 18.2 Å². The summed E-state index contributed by atoms with van der Waals surface area (Å²) in [7, 11) is 1.30.